The molecule has 1 N–H and O–H groups in total. The molecule has 1 heterocycles. The lowest BCUT2D eigenvalue weighted by molar-refractivity contribution is -0.152. The Morgan fingerprint density at radius 1 is 1.03 bits per heavy atom. The van der Waals surface area contributed by atoms with E-state index in [9.17, 15) is 4.79 Å². The summed E-state index contributed by atoms with van der Waals surface area (Å²) in [4.78, 5) is 12.7. The molecule has 29 heavy (non-hydrogen) atoms. The number of carbonyl (C=O) groups is 1. The van der Waals surface area contributed by atoms with Gasteiger partial charge in [0, 0.05) is 6.54 Å². The van der Waals surface area contributed by atoms with Gasteiger partial charge in [0.05, 0.1) is 18.6 Å². The third kappa shape index (κ3) is 4.47. The SMILES string of the molecule is CCOC(=O)C1CCNCC1O[Si](c1ccccc1)(c1ccccc1)C(C)(C)C. The van der Waals surface area contributed by atoms with Gasteiger partial charge in [-0.15, -0.1) is 0 Å². The maximum absolute atomic E-state index is 12.7. The van der Waals surface area contributed by atoms with Crippen molar-refractivity contribution < 1.29 is 14.0 Å². The number of nitrogens with one attached hydrogen (secondary N) is 1. The van der Waals surface area contributed by atoms with E-state index in [-0.39, 0.29) is 23.0 Å². The van der Waals surface area contributed by atoms with E-state index in [0.29, 0.717) is 13.2 Å². The zero-order valence-corrected chi connectivity index (χ0v) is 19.0. The van der Waals surface area contributed by atoms with Crippen LogP contribution in [0.15, 0.2) is 60.7 Å². The first-order valence-electron chi connectivity index (χ1n) is 10.6. The van der Waals surface area contributed by atoms with Gasteiger partial charge in [0.2, 0.25) is 0 Å². The number of rotatable bonds is 6. The molecule has 2 aromatic rings. The first-order chi connectivity index (χ1) is 13.9. The van der Waals surface area contributed by atoms with Gasteiger partial charge in [-0.3, -0.25) is 4.79 Å². The molecule has 0 aromatic heterocycles. The van der Waals surface area contributed by atoms with Crippen LogP contribution in [0.2, 0.25) is 5.04 Å². The zero-order chi connectivity index (χ0) is 20.9. The van der Waals surface area contributed by atoms with E-state index in [1.807, 2.05) is 19.1 Å². The average molecular weight is 412 g/mol. The molecule has 156 valence electrons. The number of piperidine rings is 1. The van der Waals surface area contributed by atoms with Crippen LogP contribution in [-0.4, -0.2) is 40.1 Å². The number of esters is 1. The molecular weight excluding hydrogens is 378 g/mol. The first kappa shape index (κ1) is 21.7. The molecule has 0 radical (unpaired) electrons. The number of benzene rings is 2. The predicted octanol–water partition coefficient (Wildman–Crippen LogP) is 3.10. The molecule has 4 nitrogen and oxygen atoms in total. The summed E-state index contributed by atoms with van der Waals surface area (Å²) in [5, 5.41) is 5.77. The molecule has 0 amide bonds. The molecule has 2 atom stereocenters. The van der Waals surface area contributed by atoms with Crippen molar-refractivity contribution in [1.29, 1.82) is 0 Å². The Morgan fingerprint density at radius 3 is 2.07 bits per heavy atom. The topological polar surface area (TPSA) is 47.6 Å². The van der Waals surface area contributed by atoms with Crippen LogP contribution in [-0.2, 0) is 14.0 Å². The Hall–Kier alpha value is -1.95. The quantitative estimate of drug-likeness (QED) is 0.586. The van der Waals surface area contributed by atoms with Crippen molar-refractivity contribution >= 4 is 24.7 Å². The minimum Gasteiger partial charge on any atom is -0.466 e. The Kier molecular flexibility index (Phi) is 6.93. The van der Waals surface area contributed by atoms with E-state index >= 15 is 0 Å². The predicted molar refractivity (Wildman–Crippen MR) is 120 cm³/mol. The molecule has 0 bridgehead atoms. The molecule has 2 unspecified atom stereocenters. The second-order valence-electron chi connectivity index (χ2n) is 8.67. The van der Waals surface area contributed by atoms with Crippen LogP contribution in [0.4, 0.5) is 0 Å². The summed E-state index contributed by atoms with van der Waals surface area (Å²) in [6.45, 7) is 10.5. The van der Waals surface area contributed by atoms with Gasteiger partial charge >= 0.3 is 5.97 Å². The van der Waals surface area contributed by atoms with Crippen molar-refractivity contribution in [3.63, 3.8) is 0 Å². The number of hydrogen-bond acceptors (Lipinski definition) is 4. The van der Waals surface area contributed by atoms with Crippen molar-refractivity contribution in [2.24, 2.45) is 5.92 Å². The van der Waals surface area contributed by atoms with E-state index in [0.717, 1.165) is 13.0 Å². The summed E-state index contributed by atoms with van der Waals surface area (Å²) < 4.78 is 12.6. The lowest BCUT2D eigenvalue weighted by Crippen LogP contribution is -2.69. The zero-order valence-electron chi connectivity index (χ0n) is 18.0. The molecule has 0 spiro atoms. The maximum Gasteiger partial charge on any atom is 0.311 e. The van der Waals surface area contributed by atoms with Crippen LogP contribution in [0.25, 0.3) is 0 Å². The van der Waals surface area contributed by atoms with Gasteiger partial charge in [0.25, 0.3) is 8.32 Å². The van der Waals surface area contributed by atoms with Gasteiger partial charge in [-0.25, -0.2) is 0 Å². The third-order valence-electron chi connectivity index (χ3n) is 5.76. The van der Waals surface area contributed by atoms with E-state index in [1.54, 1.807) is 0 Å². The summed E-state index contributed by atoms with van der Waals surface area (Å²) in [5.41, 5.74) is 0. The molecule has 3 rings (SSSR count). The van der Waals surface area contributed by atoms with Gasteiger partial charge < -0.3 is 14.5 Å². The molecule has 5 heteroatoms. The number of carbonyl (C=O) groups excluding carboxylic acids is 1. The lowest BCUT2D eigenvalue weighted by atomic mass is 9.95. The molecule has 1 saturated heterocycles. The molecule has 1 aliphatic heterocycles. The van der Waals surface area contributed by atoms with Crippen molar-refractivity contribution in [2.75, 3.05) is 19.7 Å². The highest BCUT2D eigenvalue weighted by Gasteiger charge is 2.53. The minimum absolute atomic E-state index is 0.119. The van der Waals surface area contributed by atoms with Gasteiger partial charge in [0.15, 0.2) is 0 Å². The van der Waals surface area contributed by atoms with Crippen molar-refractivity contribution in [2.45, 2.75) is 45.3 Å². The second-order valence-corrected chi connectivity index (χ2v) is 12.9. The van der Waals surface area contributed by atoms with Crippen LogP contribution in [0.3, 0.4) is 0 Å². The number of ether oxygens (including phenoxy) is 1. The normalized spacial score (nSPS) is 20.3. The largest absolute Gasteiger partial charge is 0.466 e. The highest BCUT2D eigenvalue weighted by molar-refractivity contribution is 6.99. The molecule has 0 saturated carbocycles. The van der Waals surface area contributed by atoms with Crippen LogP contribution in [0.5, 0.6) is 0 Å². The van der Waals surface area contributed by atoms with Gasteiger partial charge in [-0.1, -0.05) is 81.4 Å². The summed E-state index contributed by atoms with van der Waals surface area (Å²) in [6.07, 6.45) is 0.524. The molecule has 1 fully saturated rings. The van der Waals surface area contributed by atoms with E-state index < -0.39 is 8.32 Å². The second kappa shape index (κ2) is 9.24. The van der Waals surface area contributed by atoms with Crippen LogP contribution in [0.1, 0.15) is 34.1 Å². The van der Waals surface area contributed by atoms with Gasteiger partial charge in [0.1, 0.15) is 0 Å². The Morgan fingerprint density at radius 2 is 1.59 bits per heavy atom. The highest BCUT2D eigenvalue weighted by Crippen LogP contribution is 2.38. The number of hydrogen-bond donors (Lipinski definition) is 1. The summed E-state index contributed by atoms with van der Waals surface area (Å²) in [5.74, 6) is -0.380. The highest BCUT2D eigenvalue weighted by atomic mass is 28.4. The Balaban J connectivity index is 2.11. The van der Waals surface area contributed by atoms with Crippen molar-refractivity contribution in [3.05, 3.63) is 60.7 Å². The van der Waals surface area contributed by atoms with Crippen LogP contribution >= 0.6 is 0 Å². The standard InChI is InChI=1S/C24H33NO3Si/c1-5-27-23(26)21-16-17-25-18-22(21)28-29(24(2,3)4,19-12-8-6-9-13-19)20-14-10-7-11-15-20/h6-15,21-22,25H,5,16-18H2,1-4H3. The van der Waals surface area contributed by atoms with E-state index in [4.69, 9.17) is 9.16 Å². The van der Waals surface area contributed by atoms with Crippen molar-refractivity contribution in [3.8, 4) is 0 Å². The Labute approximate surface area is 175 Å². The summed E-state index contributed by atoms with van der Waals surface area (Å²) >= 11 is 0. The minimum atomic E-state index is -2.70. The summed E-state index contributed by atoms with van der Waals surface area (Å²) in [7, 11) is -2.70. The third-order valence-corrected chi connectivity index (χ3v) is 10.8. The fraction of sp³-hybridized carbons (Fsp3) is 0.458. The average Bonchev–Trinajstić information content (AvgIpc) is 2.73. The lowest BCUT2D eigenvalue weighted by Gasteiger charge is -2.47. The van der Waals surface area contributed by atoms with Gasteiger partial charge in [-0.2, -0.15) is 0 Å². The monoisotopic (exact) mass is 411 g/mol. The molecular formula is C24H33NO3Si. The van der Waals surface area contributed by atoms with E-state index in [1.165, 1.54) is 10.4 Å². The smallest absolute Gasteiger partial charge is 0.311 e. The van der Waals surface area contributed by atoms with Crippen molar-refractivity contribution in [1.82, 2.24) is 5.32 Å². The molecule has 1 aliphatic rings. The fourth-order valence-corrected chi connectivity index (χ4v) is 9.11. The van der Waals surface area contributed by atoms with E-state index in [2.05, 4.69) is 74.6 Å². The maximum atomic E-state index is 12.7. The fourth-order valence-electron chi connectivity index (χ4n) is 4.39. The molecule has 2 aromatic carbocycles. The van der Waals surface area contributed by atoms with Crippen LogP contribution in [0, 0.1) is 5.92 Å². The Bertz CT molecular complexity index is 749. The summed E-state index contributed by atoms with van der Waals surface area (Å²) in [6, 6.07) is 21.1. The van der Waals surface area contributed by atoms with Gasteiger partial charge in [-0.05, 0) is 35.3 Å². The molecule has 0 aliphatic carbocycles. The first-order valence-corrected chi connectivity index (χ1v) is 12.5. The van der Waals surface area contributed by atoms with Crippen LogP contribution < -0.4 is 15.7 Å².